The van der Waals surface area contributed by atoms with Crippen LogP contribution in [0.15, 0.2) is 42.5 Å². The fraction of sp³-hybridized carbons (Fsp3) is 0.300. The van der Waals surface area contributed by atoms with Gasteiger partial charge in [-0.25, -0.2) is 0 Å². The van der Waals surface area contributed by atoms with E-state index in [1.807, 2.05) is 6.07 Å². The number of carbonyl (C=O) groups excluding carboxylic acids is 2. The quantitative estimate of drug-likeness (QED) is 0.604. The van der Waals surface area contributed by atoms with Crippen molar-refractivity contribution in [1.82, 2.24) is 0 Å². The molecule has 1 fully saturated rings. The summed E-state index contributed by atoms with van der Waals surface area (Å²) in [6.07, 6.45) is 2.35. The standard InChI is InChI=1S/C20H21N3O5/c1-2-28-18-10-9-14(12-17(18)23(26)27)20(25)21-15-6-5-7-16(13-15)22-11-4-3-8-19(22)24/h5-7,9-10,12-13H,2-4,8,11H2,1H3,(H,21,25). The molecule has 2 amide bonds. The maximum Gasteiger partial charge on any atom is 0.311 e. The van der Waals surface area contributed by atoms with Crippen molar-refractivity contribution in [3.8, 4) is 5.75 Å². The van der Waals surface area contributed by atoms with Gasteiger partial charge < -0.3 is 15.0 Å². The molecule has 3 rings (SSSR count). The molecule has 2 aromatic carbocycles. The van der Waals surface area contributed by atoms with Crippen LogP contribution in [0.2, 0.25) is 0 Å². The van der Waals surface area contributed by atoms with Gasteiger partial charge in [-0.1, -0.05) is 6.07 Å². The van der Waals surface area contributed by atoms with Crippen LogP contribution in [0, 0.1) is 10.1 Å². The molecule has 2 aromatic rings. The summed E-state index contributed by atoms with van der Waals surface area (Å²) < 4.78 is 5.23. The number of anilines is 2. The van der Waals surface area contributed by atoms with E-state index in [2.05, 4.69) is 5.32 Å². The zero-order chi connectivity index (χ0) is 20.1. The second-order valence-corrected chi connectivity index (χ2v) is 6.38. The number of ether oxygens (including phenoxy) is 1. The molecule has 0 bridgehead atoms. The first-order chi connectivity index (χ1) is 13.5. The summed E-state index contributed by atoms with van der Waals surface area (Å²) in [4.78, 5) is 37.0. The lowest BCUT2D eigenvalue weighted by atomic mass is 10.1. The second kappa shape index (κ2) is 8.51. The number of nitro groups is 1. The van der Waals surface area contributed by atoms with Crippen LogP contribution in [0.3, 0.4) is 0 Å². The predicted octanol–water partition coefficient (Wildman–Crippen LogP) is 3.76. The number of nitrogens with one attached hydrogen (secondary N) is 1. The summed E-state index contributed by atoms with van der Waals surface area (Å²) in [6, 6.07) is 11.1. The maximum absolute atomic E-state index is 12.6. The molecule has 1 aliphatic rings. The van der Waals surface area contributed by atoms with E-state index in [-0.39, 0.29) is 29.5 Å². The largest absolute Gasteiger partial charge is 0.487 e. The average Bonchev–Trinajstić information content (AvgIpc) is 2.69. The first-order valence-corrected chi connectivity index (χ1v) is 9.12. The van der Waals surface area contributed by atoms with E-state index in [9.17, 15) is 19.7 Å². The molecule has 0 saturated carbocycles. The van der Waals surface area contributed by atoms with E-state index < -0.39 is 10.8 Å². The molecular formula is C20H21N3O5. The first-order valence-electron chi connectivity index (χ1n) is 9.12. The normalized spacial score (nSPS) is 13.9. The molecule has 146 valence electrons. The summed E-state index contributed by atoms with van der Waals surface area (Å²) in [5, 5.41) is 14.0. The van der Waals surface area contributed by atoms with Gasteiger partial charge in [0, 0.05) is 36.0 Å². The third kappa shape index (κ3) is 4.28. The lowest BCUT2D eigenvalue weighted by Gasteiger charge is -2.27. The van der Waals surface area contributed by atoms with E-state index in [1.54, 1.807) is 30.0 Å². The van der Waals surface area contributed by atoms with Crippen molar-refractivity contribution in [3.05, 3.63) is 58.1 Å². The SMILES string of the molecule is CCOc1ccc(C(=O)Nc2cccc(N3CCCCC3=O)c2)cc1[N+](=O)[O-]. The summed E-state index contributed by atoms with van der Waals surface area (Å²) in [5.74, 6) is -0.292. The van der Waals surface area contributed by atoms with Crippen LogP contribution < -0.4 is 15.0 Å². The van der Waals surface area contributed by atoms with E-state index in [1.165, 1.54) is 18.2 Å². The number of nitro benzene ring substituents is 1. The van der Waals surface area contributed by atoms with E-state index in [4.69, 9.17) is 4.74 Å². The molecular weight excluding hydrogens is 362 g/mol. The lowest BCUT2D eigenvalue weighted by Crippen LogP contribution is -2.35. The molecule has 0 atom stereocenters. The Morgan fingerprint density at radius 1 is 1.25 bits per heavy atom. The fourth-order valence-corrected chi connectivity index (χ4v) is 3.11. The number of carbonyl (C=O) groups is 2. The average molecular weight is 383 g/mol. The predicted molar refractivity (Wildman–Crippen MR) is 105 cm³/mol. The van der Waals surface area contributed by atoms with Gasteiger partial charge in [0.05, 0.1) is 11.5 Å². The van der Waals surface area contributed by atoms with Crippen LogP contribution in [0.25, 0.3) is 0 Å². The second-order valence-electron chi connectivity index (χ2n) is 6.38. The first kappa shape index (κ1) is 19.3. The van der Waals surface area contributed by atoms with Gasteiger partial charge in [-0.3, -0.25) is 19.7 Å². The Morgan fingerprint density at radius 2 is 2.07 bits per heavy atom. The Labute approximate surface area is 162 Å². The van der Waals surface area contributed by atoms with Gasteiger partial charge in [0.2, 0.25) is 5.91 Å². The zero-order valence-electron chi connectivity index (χ0n) is 15.5. The minimum absolute atomic E-state index is 0.0665. The van der Waals surface area contributed by atoms with Crippen LogP contribution in [0.4, 0.5) is 17.1 Å². The molecule has 1 N–H and O–H groups in total. The highest BCUT2D eigenvalue weighted by Gasteiger charge is 2.21. The molecule has 0 radical (unpaired) electrons. The minimum Gasteiger partial charge on any atom is -0.487 e. The summed E-state index contributed by atoms with van der Waals surface area (Å²) >= 11 is 0. The minimum atomic E-state index is -0.579. The molecule has 0 spiro atoms. The van der Waals surface area contributed by atoms with E-state index >= 15 is 0 Å². The Bertz CT molecular complexity index is 912. The van der Waals surface area contributed by atoms with Crippen LogP contribution in [-0.4, -0.2) is 29.9 Å². The van der Waals surface area contributed by atoms with Crippen molar-refractivity contribution in [2.45, 2.75) is 26.2 Å². The molecule has 1 saturated heterocycles. The Hall–Kier alpha value is -3.42. The van der Waals surface area contributed by atoms with Gasteiger partial charge >= 0.3 is 5.69 Å². The lowest BCUT2D eigenvalue weighted by molar-refractivity contribution is -0.385. The van der Waals surface area contributed by atoms with Gasteiger partial charge in [-0.05, 0) is 50.1 Å². The van der Waals surface area contributed by atoms with Crippen LogP contribution in [0.5, 0.6) is 5.75 Å². The van der Waals surface area contributed by atoms with Crippen molar-refractivity contribution >= 4 is 28.9 Å². The third-order valence-corrected chi connectivity index (χ3v) is 4.46. The Morgan fingerprint density at radius 3 is 2.79 bits per heavy atom. The van der Waals surface area contributed by atoms with Crippen LogP contribution >= 0.6 is 0 Å². The van der Waals surface area contributed by atoms with Gasteiger partial charge in [0.15, 0.2) is 5.75 Å². The molecule has 0 aliphatic carbocycles. The Balaban J connectivity index is 1.79. The third-order valence-electron chi connectivity index (χ3n) is 4.46. The number of benzene rings is 2. The highest BCUT2D eigenvalue weighted by Crippen LogP contribution is 2.29. The number of nitrogens with zero attached hydrogens (tertiary/aromatic N) is 2. The Kier molecular flexibility index (Phi) is 5.88. The summed E-state index contributed by atoms with van der Waals surface area (Å²) in [5.41, 5.74) is 1.12. The number of piperidine rings is 1. The van der Waals surface area contributed by atoms with Gasteiger partial charge in [-0.15, -0.1) is 0 Å². The van der Waals surface area contributed by atoms with Crippen molar-refractivity contribution in [2.24, 2.45) is 0 Å². The smallest absolute Gasteiger partial charge is 0.311 e. The monoisotopic (exact) mass is 383 g/mol. The number of hydrogen-bond donors (Lipinski definition) is 1. The maximum atomic E-state index is 12.6. The topological polar surface area (TPSA) is 102 Å². The van der Waals surface area contributed by atoms with Crippen molar-refractivity contribution in [1.29, 1.82) is 0 Å². The summed E-state index contributed by atoms with van der Waals surface area (Å²) in [7, 11) is 0. The molecule has 8 heteroatoms. The highest BCUT2D eigenvalue weighted by atomic mass is 16.6. The molecule has 0 unspecified atom stereocenters. The number of hydrogen-bond acceptors (Lipinski definition) is 5. The van der Waals surface area contributed by atoms with Crippen molar-refractivity contribution in [2.75, 3.05) is 23.4 Å². The summed E-state index contributed by atoms with van der Waals surface area (Å²) in [6.45, 7) is 2.67. The van der Waals surface area contributed by atoms with Crippen molar-refractivity contribution < 1.29 is 19.2 Å². The van der Waals surface area contributed by atoms with E-state index in [0.29, 0.717) is 18.7 Å². The van der Waals surface area contributed by atoms with Gasteiger partial charge in [-0.2, -0.15) is 0 Å². The molecule has 0 aromatic heterocycles. The number of amides is 2. The number of rotatable bonds is 6. The fourth-order valence-electron chi connectivity index (χ4n) is 3.11. The van der Waals surface area contributed by atoms with E-state index in [0.717, 1.165) is 18.5 Å². The van der Waals surface area contributed by atoms with Gasteiger partial charge in [0.25, 0.3) is 5.91 Å². The highest BCUT2D eigenvalue weighted by molar-refractivity contribution is 6.05. The van der Waals surface area contributed by atoms with Gasteiger partial charge in [0.1, 0.15) is 0 Å². The molecule has 28 heavy (non-hydrogen) atoms. The van der Waals surface area contributed by atoms with Crippen LogP contribution in [-0.2, 0) is 4.79 Å². The zero-order valence-corrected chi connectivity index (χ0v) is 15.5. The molecule has 1 heterocycles. The molecule has 8 nitrogen and oxygen atoms in total. The molecule has 1 aliphatic heterocycles. The van der Waals surface area contributed by atoms with Crippen LogP contribution in [0.1, 0.15) is 36.5 Å². The van der Waals surface area contributed by atoms with Crippen molar-refractivity contribution in [3.63, 3.8) is 0 Å².